The fraction of sp³-hybridized carbons (Fsp3) is 0.200. The number of ketones is 1. The minimum Gasteiger partial charge on any atom is -0.325 e. The van der Waals surface area contributed by atoms with Gasteiger partial charge in [0.1, 0.15) is 0 Å². The molecule has 0 spiro atoms. The highest BCUT2D eigenvalue weighted by Gasteiger charge is 2.05. The lowest BCUT2D eigenvalue weighted by Crippen LogP contribution is -2.06. The quantitative estimate of drug-likeness (QED) is 0.764. The highest BCUT2D eigenvalue weighted by Crippen LogP contribution is 2.23. The topological polar surface area (TPSA) is 46.2 Å². The van der Waals surface area contributed by atoms with Crippen LogP contribution < -0.4 is 5.32 Å². The zero-order valence-electron chi connectivity index (χ0n) is 7.93. The maximum atomic E-state index is 11.0. The summed E-state index contributed by atoms with van der Waals surface area (Å²) in [4.78, 5) is 21.7. The average Bonchev–Trinajstić information content (AvgIpc) is 2.07. The second-order valence-electron chi connectivity index (χ2n) is 2.93. The highest BCUT2D eigenvalue weighted by atomic mass is 35.5. The Hall–Kier alpha value is -1.35. The van der Waals surface area contributed by atoms with Crippen molar-refractivity contribution in [1.29, 1.82) is 0 Å². The van der Waals surface area contributed by atoms with E-state index in [1.807, 2.05) is 0 Å². The Balaban J connectivity index is 3.01. The predicted octanol–water partition coefficient (Wildman–Crippen LogP) is 2.50. The molecule has 1 aromatic carbocycles. The Morgan fingerprint density at radius 3 is 2.36 bits per heavy atom. The molecule has 1 aromatic rings. The van der Waals surface area contributed by atoms with Gasteiger partial charge in [-0.25, -0.2) is 0 Å². The highest BCUT2D eigenvalue weighted by molar-refractivity contribution is 6.34. The van der Waals surface area contributed by atoms with Gasteiger partial charge < -0.3 is 5.32 Å². The Bertz CT molecular complexity index is 388. The van der Waals surface area contributed by atoms with Gasteiger partial charge in [-0.05, 0) is 25.1 Å². The lowest BCUT2D eigenvalue weighted by Gasteiger charge is -2.05. The Morgan fingerprint density at radius 2 is 1.93 bits per heavy atom. The molecule has 4 heteroatoms. The number of halogens is 1. The molecule has 0 aromatic heterocycles. The van der Waals surface area contributed by atoms with E-state index in [0.717, 1.165) is 0 Å². The monoisotopic (exact) mass is 211 g/mol. The predicted molar refractivity (Wildman–Crippen MR) is 55.8 cm³/mol. The number of carbonyl (C=O) groups excluding carboxylic acids is 2. The number of rotatable bonds is 2. The summed E-state index contributed by atoms with van der Waals surface area (Å²) < 4.78 is 0. The molecule has 74 valence electrons. The number of nitrogens with one attached hydrogen (secondary N) is 1. The van der Waals surface area contributed by atoms with Crippen LogP contribution in [0.2, 0.25) is 5.02 Å². The van der Waals surface area contributed by atoms with Gasteiger partial charge in [0.05, 0.1) is 10.7 Å². The number of Topliss-reactive ketones (excluding diaryl/α,β-unsaturated/α-hetero) is 1. The fourth-order valence-corrected chi connectivity index (χ4v) is 1.25. The Morgan fingerprint density at radius 1 is 1.29 bits per heavy atom. The third-order valence-corrected chi connectivity index (χ3v) is 2.00. The molecule has 3 nitrogen and oxygen atoms in total. The van der Waals surface area contributed by atoms with Crippen LogP contribution in [-0.2, 0) is 4.79 Å². The third-order valence-electron chi connectivity index (χ3n) is 1.69. The van der Waals surface area contributed by atoms with E-state index in [2.05, 4.69) is 5.32 Å². The molecule has 0 saturated heterocycles. The molecule has 1 N–H and O–H groups in total. The standard InChI is InChI=1S/C10H10ClNO2/c1-6(13)8-3-4-10(9(11)5-8)12-7(2)14/h3-5H,1-2H3,(H,12,14). The first-order valence-corrected chi connectivity index (χ1v) is 4.46. The van der Waals surface area contributed by atoms with Crippen LogP contribution in [0.15, 0.2) is 18.2 Å². The first kappa shape index (κ1) is 10.7. The first-order valence-electron chi connectivity index (χ1n) is 4.09. The van der Waals surface area contributed by atoms with Crippen LogP contribution in [0.4, 0.5) is 5.69 Å². The van der Waals surface area contributed by atoms with Crippen LogP contribution in [0.25, 0.3) is 0 Å². The lowest BCUT2D eigenvalue weighted by molar-refractivity contribution is -0.114. The van der Waals surface area contributed by atoms with Crippen molar-refractivity contribution in [2.75, 3.05) is 5.32 Å². The number of anilines is 1. The van der Waals surface area contributed by atoms with Crippen LogP contribution in [0.3, 0.4) is 0 Å². The molecule has 0 unspecified atom stereocenters. The molecule has 0 saturated carbocycles. The molecule has 1 amide bonds. The Kier molecular flexibility index (Phi) is 3.25. The van der Waals surface area contributed by atoms with Crippen LogP contribution in [-0.4, -0.2) is 11.7 Å². The van der Waals surface area contributed by atoms with Crippen molar-refractivity contribution in [2.45, 2.75) is 13.8 Å². The van der Waals surface area contributed by atoms with Crippen LogP contribution in [0.5, 0.6) is 0 Å². The van der Waals surface area contributed by atoms with Gasteiger partial charge in [0, 0.05) is 12.5 Å². The molecule has 0 heterocycles. The first-order chi connectivity index (χ1) is 6.50. The Labute approximate surface area is 87.1 Å². The van der Waals surface area contributed by atoms with Gasteiger partial charge in [-0.3, -0.25) is 9.59 Å². The van der Waals surface area contributed by atoms with Gasteiger partial charge in [0.25, 0.3) is 0 Å². The average molecular weight is 212 g/mol. The van der Waals surface area contributed by atoms with Gasteiger partial charge in [-0.1, -0.05) is 11.6 Å². The SMILES string of the molecule is CC(=O)Nc1ccc(C(C)=O)cc1Cl. The van der Waals surface area contributed by atoms with E-state index < -0.39 is 0 Å². The molecule has 0 radical (unpaired) electrons. The minimum absolute atomic E-state index is 0.0544. The molecule has 1 rings (SSSR count). The van der Waals surface area contributed by atoms with Gasteiger partial charge in [0.15, 0.2) is 5.78 Å². The molecular weight excluding hydrogens is 202 g/mol. The zero-order valence-corrected chi connectivity index (χ0v) is 8.68. The second-order valence-corrected chi connectivity index (χ2v) is 3.34. The number of hydrogen-bond acceptors (Lipinski definition) is 2. The summed E-state index contributed by atoms with van der Waals surface area (Å²) in [6.45, 7) is 2.86. The van der Waals surface area contributed by atoms with Gasteiger partial charge in [-0.2, -0.15) is 0 Å². The summed E-state index contributed by atoms with van der Waals surface area (Å²) in [5, 5.41) is 2.93. The smallest absolute Gasteiger partial charge is 0.221 e. The second kappa shape index (κ2) is 4.24. The molecule has 14 heavy (non-hydrogen) atoms. The van der Waals surface area contributed by atoms with Crippen molar-refractivity contribution in [3.8, 4) is 0 Å². The van der Waals surface area contributed by atoms with E-state index in [-0.39, 0.29) is 11.7 Å². The third kappa shape index (κ3) is 2.57. The summed E-state index contributed by atoms with van der Waals surface area (Å²) in [5.74, 6) is -0.247. The van der Waals surface area contributed by atoms with Crippen LogP contribution in [0, 0.1) is 0 Å². The van der Waals surface area contributed by atoms with Crippen LogP contribution >= 0.6 is 11.6 Å². The van der Waals surface area contributed by atoms with E-state index in [1.165, 1.54) is 19.9 Å². The number of hydrogen-bond donors (Lipinski definition) is 1. The van der Waals surface area contributed by atoms with E-state index in [0.29, 0.717) is 16.3 Å². The number of benzene rings is 1. The maximum Gasteiger partial charge on any atom is 0.221 e. The molecular formula is C10H10ClNO2. The summed E-state index contributed by atoms with van der Waals surface area (Å²) in [6, 6.07) is 4.77. The summed E-state index contributed by atoms with van der Waals surface area (Å²) in [6.07, 6.45) is 0. The van der Waals surface area contributed by atoms with Crippen LogP contribution in [0.1, 0.15) is 24.2 Å². The molecule has 0 aliphatic rings. The maximum absolute atomic E-state index is 11.0. The summed E-state index contributed by atoms with van der Waals surface area (Å²) in [7, 11) is 0. The van der Waals surface area contributed by atoms with Gasteiger partial charge in [0.2, 0.25) is 5.91 Å². The number of carbonyl (C=O) groups is 2. The van der Waals surface area contributed by atoms with Crippen molar-refractivity contribution >= 4 is 29.0 Å². The van der Waals surface area contributed by atoms with Gasteiger partial charge >= 0.3 is 0 Å². The fourth-order valence-electron chi connectivity index (χ4n) is 1.03. The van der Waals surface area contributed by atoms with Crippen molar-refractivity contribution in [2.24, 2.45) is 0 Å². The minimum atomic E-state index is -0.192. The largest absolute Gasteiger partial charge is 0.325 e. The molecule has 0 aliphatic heterocycles. The lowest BCUT2D eigenvalue weighted by atomic mass is 10.1. The molecule has 0 fully saturated rings. The van der Waals surface area contributed by atoms with E-state index in [4.69, 9.17) is 11.6 Å². The van der Waals surface area contributed by atoms with E-state index in [9.17, 15) is 9.59 Å². The molecule has 0 aliphatic carbocycles. The zero-order chi connectivity index (χ0) is 10.7. The van der Waals surface area contributed by atoms with Crippen molar-refractivity contribution in [3.63, 3.8) is 0 Å². The van der Waals surface area contributed by atoms with E-state index >= 15 is 0 Å². The van der Waals surface area contributed by atoms with Crippen molar-refractivity contribution in [3.05, 3.63) is 28.8 Å². The summed E-state index contributed by atoms with van der Waals surface area (Å²) >= 11 is 5.85. The number of amides is 1. The molecule has 0 bridgehead atoms. The van der Waals surface area contributed by atoms with Crippen molar-refractivity contribution < 1.29 is 9.59 Å². The van der Waals surface area contributed by atoms with Gasteiger partial charge in [-0.15, -0.1) is 0 Å². The van der Waals surface area contributed by atoms with Crippen molar-refractivity contribution in [1.82, 2.24) is 0 Å². The normalized spacial score (nSPS) is 9.64. The van der Waals surface area contributed by atoms with E-state index in [1.54, 1.807) is 12.1 Å². The molecule has 0 atom stereocenters. The summed E-state index contributed by atoms with van der Waals surface area (Å²) in [5.41, 5.74) is 1.05.